The average molecular weight is 557 g/mol. The third-order valence-electron chi connectivity index (χ3n) is 6.80. The smallest absolute Gasteiger partial charge is 0.410 e. The molecule has 2 heterocycles. The minimum Gasteiger partial charge on any atom is -0.481 e. The maximum atomic E-state index is 13.6. The van der Waals surface area contributed by atoms with Gasteiger partial charge in [0.25, 0.3) is 5.92 Å². The van der Waals surface area contributed by atoms with Crippen molar-refractivity contribution in [1.29, 1.82) is 0 Å². The Bertz CT molecular complexity index is 1440. The first-order chi connectivity index (χ1) is 18.2. The summed E-state index contributed by atoms with van der Waals surface area (Å²) < 4.78 is 38.2. The van der Waals surface area contributed by atoms with E-state index in [1.807, 2.05) is 0 Å². The van der Waals surface area contributed by atoms with Crippen molar-refractivity contribution in [3.05, 3.63) is 69.7 Å². The van der Waals surface area contributed by atoms with Gasteiger partial charge in [0.2, 0.25) is 5.88 Å². The average Bonchev–Trinajstić information content (AvgIpc) is 2.83. The number of pyridine rings is 1. The van der Waals surface area contributed by atoms with Gasteiger partial charge in [-0.3, -0.25) is 0 Å². The van der Waals surface area contributed by atoms with Gasteiger partial charge < -0.3 is 19.5 Å². The summed E-state index contributed by atoms with van der Waals surface area (Å²) in [7, 11) is 1.48. The lowest BCUT2D eigenvalue weighted by molar-refractivity contribution is -0.0600. The van der Waals surface area contributed by atoms with Crippen molar-refractivity contribution in [2.24, 2.45) is 5.92 Å². The molecular weight excluding hydrogens is 526 g/mol. The Kier molecular flexibility index (Phi) is 7.54. The maximum absolute atomic E-state index is 13.6. The second-order valence-corrected chi connectivity index (χ2v) is 11.3. The number of ether oxygens (including phenoxy) is 2. The fourth-order valence-corrected chi connectivity index (χ4v) is 4.88. The number of carbonyl (C=O) groups excluding carboxylic acids is 1. The summed E-state index contributed by atoms with van der Waals surface area (Å²) >= 11 is 6.86. The molecule has 2 aromatic carbocycles. The van der Waals surface area contributed by atoms with E-state index in [1.54, 1.807) is 51.1 Å². The van der Waals surface area contributed by atoms with Crippen molar-refractivity contribution in [2.45, 2.75) is 51.2 Å². The van der Waals surface area contributed by atoms with Crippen LogP contribution in [0.15, 0.2) is 42.5 Å². The molecule has 3 aromatic rings. The lowest BCUT2D eigenvalue weighted by Gasteiger charge is -2.45. The number of aliphatic hydroxyl groups is 1. The highest BCUT2D eigenvalue weighted by Crippen LogP contribution is 2.40. The predicted octanol–water partition coefficient (Wildman–Crippen LogP) is 6.29. The van der Waals surface area contributed by atoms with E-state index in [0.717, 1.165) is 12.5 Å². The molecule has 1 saturated heterocycles. The van der Waals surface area contributed by atoms with Gasteiger partial charge in [-0.25, -0.2) is 18.6 Å². The fourth-order valence-electron chi connectivity index (χ4n) is 4.58. The van der Waals surface area contributed by atoms with E-state index in [9.17, 15) is 18.7 Å². The van der Waals surface area contributed by atoms with Crippen LogP contribution in [0.2, 0.25) is 5.02 Å². The molecule has 6 nitrogen and oxygen atoms in total. The van der Waals surface area contributed by atoms with Crippen LogP contribution in [-0.2, 0) is 22.7 Å². The van der Waals surface area contributed by atoms with Crippen LogP contribution in [0.3, 0.4) is 0 Å². The quantitative estimate of drug-likeness (QED) is 0.361. The molecule has 1 fully saturated rings. The summed E-state index contributed by atoms with van der Waals surface area (Å²) in [6, 6.07) is 11.1. The van der Waals surface area contributed by atoms with Crippen LogP contribution >= 0.6 is 11.6 Å². The molecule has 1 N–H and O–H groups in total. The van der Waals surface area contributed by atoms with Gasteiger partial charge in [0, 0.05) is 48.9 Å². The van der Waals surface area contributed by atoms with E-state index >= 15 is 0 Å². The summed E-state index contributed by atoms with van der Waals surface area (Å²) in [5.41, 5.74) is -0.0674. The number of alkyl halides is 2. The number of nitrogens with zero attached hydrogens (tertiary/aromatic N) is 2. The lowest BCUT2D eigenvalue weighted by atomic mass is 9.77. The van der Waals surface area contributed by atoms with Crippen molar-refractivity contribution in [1.82, 2.24) is 9.88 Å². The Morgan fingerprint density at radius 2 is 1.77 bits per heavy atom. The minimum absolute atomic E-state index is 0.0830. The van der Waals surface area contributed by atoms with Crippen molar-refractivity contribution >= 4 is 28.6 Å². The number of rotatable bonds is 6. The minimum atomic E-state index is -2.94. The second kappa shape index (κ2) is 10.3. The second-order valence-electron chi connectivity index (χ2n) is 10.9. The van der Waals surface area contributed by atoms with Crippen LogP contribution in [0.4, 0.5) is 13.6 Å². The van der Waals surface area contributed by atoms with E-state index in [0.29, 0.717) is 32.9 Å². The van der Waals surface area contributed by atoms with Gasteiger partial charge >= 0.3 is 6.09 Å². The first kappa shape index (κ1) is 28.6. The number of hydrogen-bond acceptors (Lipinski definition) is 5. The molecule has 1 amide bonds. The number of terminal acetylenes is 1. The van der Waals surface area contributed by atoms with Crippen molar-refractivity contribution < 1.29 is 28.2 Å². The number of carbonyl (C=O) groups is 1. The summed E-state index contributed by atoms with van der Waals surface area (Å²) in [5, 5.41) is 12.4. The normalized spacial score (nSPS) is 15.8. The van der Waals surface area contributed by atoms with Gasteiger partial charge in [-0.05, 0) is 44.0 Å². The topological polar surface area (TPSA) is 71.9 Å². The van der Waals surface area contributed by atoms with Crippen LogP contribution in [0.1, 0.15) is 49.9 Å². The van der Waals surface area contributed by atoms with Gasteiger partial charge in [-0.2, -0.15) is 0 Å². The van der Waals surface area contributed by atoms with Crippen LogP contribution in [0, 0.1) is 18.3 Å². The number of hydrogen-bond donors (Lipinski definition) is 1. The molecule has 1 aliphatic rings. The van der Waals surface area contributed by atoms with Crippen molar-refractivity contribution in [3.8, 4) is 18.2 Å². The van der Waals surface area contributed by atoms with Crippen LogP contribution < -0.4 is 4.74 Å². The van der Waals surface area contributed by atoms with E-state index in [4.69, 9.17) is 27.5 Å². The molecule has 0 saturated carbocycles. The zero-order chi connectivity index (χ0) is 28.8. The van der Waals surface area contributed by atoms with Crippen molar-refractivity contribution in [2.75, 3.05) is 20.2 Å². The molecule has 1 atom stereocenters. The van der Waals surface area contributed by atoms with E-state index in [2.05, 4.69) is 10.9 Å². The number of benzene rings is 2. The Morgan fingerprint density at radius 1 is 1.15 bits per heavy atom. The summed E-state index contributed by atoms with van der Waals surface area (Å²) in [4.78, 5) is 18.4. The highest BCUT2D eigenvalue weighted by molar-refractivity contribution is 6.36. The zero-order valence-electron chi connectivity index (χ0n) is 22.5. The summed E-state index contributed by atoms with van der Waals surface area (Å²) in [6.45, 7) is 6.68. The molecule has 1 aliphatic heterocycles. The fraction of sp³-hybridized carbons (Fsp3) is 0.400. The number of fused-ring (bicyclic) bond motifs is 1. The van der Waals surface area contributed by atoms with Crippen molar-refractivity contribution in [3.63, 3.8) is 0 Å². The third kappa shape index (κ3) is 5.80. The Hall–Kier alpha value is -3.41. The standard InChI is InChI=1S/C30H31ClF2N2O4/c1-7-30(37,21-16-35(17-21)27(36)39-28(2,3)4)20-12-13-24-22(15-20)25(31)23(26(34-24)38-6)14-18-8-10-19(11-9-18)29(5,32)33/h1,8-13,15,21,37H,14,16-17H2,2-6H3. The third-order valence-corrected chi connectivity index (χ3v) is 7.23. The highest BCUT2D eigenvalue weighted by atomic mass is 35.5. The number of halogens is 3. The molecule has 4 rings (SSSR count). The molecule has 1 aromatic heterocycles. The molecule has 0 spiro atoms. The monoisotopic (exact) mass is 556 g/mol. The van der Waals surface area contributed by atoms with E-state index in [-0.39, 0.29) is 25.1 Å². The SMILES string of the molecule is C#CC(O)(c1ccc2nc(OC)c(Cc3ccc(C(C)(F)F)cc3)c(Cl)c2c1)C1CN(C(=O)OC(C)(C)C)C1. The van der Waals surface area contributed by atoms with E-state index in [1.165, 1.54) is 24.1 Å². The molecule has 0 aliphatic carbocycles. The molecular formula is C30H31ClF2N2O4. The van der Waals surface area contributed by atoms with Gasteiger partial charge in [0.1, 0.15) is 5.60 Å². The highest BCUT2D eigenvalue weighted by Gasteiger charge is 2.47. The number of aromatic nitrogens is 1. The Balaban J connectivity index is 1.64. The molecule has 206 valence electrons. The largest absolute Gasteiger partial charge is 0.481 e. The molecule has 0 radical (unpaired) electrons. The van der Waals surface area contributed by atoms with Gasteiger partial charge in [0.05, 0.1) is 17.6 Å². The van der Waals surface area contributed by atoms with Crippen LogP contribution in [0.5, 0.6) is 5.88 Å². The van der Waals surface area contributed by atoms with Gasteiger partial charge in [-0.15, -0.1) is 6.42 Å². The molecule has 0 bridgehead atoms. The Morgan fingerprint density at radius 3 is 2.31 bits per heavy atom. The molecule has 9 heteroatoms. The zero-order valence-corrected chi connectivity index (χ0v) is 23.3. The number of amides is 1. The van der Waals surface area contributed by atoms with Crippen LogP contribution in [-0.4, -0.2) is 46.9 Å². The molecule has 39 heavy (non-hydrogen) atoms. The Labute approximate surface area is 231 Å². The number of likely N-dealkylation sites (tertiary alicyclic amines) is 1. The first-order valence-corrected chi connectivity index (χ1v) is 12.9. The number of methoxy groups -OCH3 is 1. The maximum Gasteiger partial charge on any atom is 0.410 e. The summed E-state index contributed by atoms with van der Waals surface area (Å²) in [6.07, 6.45) is 5.65. The van der Waals surface area contributed by atoms with Gasteiger partial charge in [0.15, 0.2) is 5.60 Å². The van der Waals surface area contributed by atoms with Gasteiger partial charge in [-0.1, -0.05) is 47.9 Å². The predicted molar refractivity (Wildman–Crippen MR) is 146 cm³/mol. The lowest BCUT2D eigenvalue weighted by Crippen LogP contribution is -2.58. The molecule has 1 unspecified atom stereocenters. The van der Waals surface area contributed by atoms with E-state index < -0.39 is 29.1 Å². The first-order valence-electron chi connectivity index (χ1n) is 12.5. The summed E-state index contributed by atoms with van der Waals surface area (Å²) in [5.74, 6) is -0.528. The van der Waals surface area contributed by atoms with Crippen LogP contribution in [0.25, 0.3) is 10.9 Å².